The van der Waals surface area contributed by atoms with Crippen molar-refractivity contribution < 1.29 is 19.5 Å². The zero-order chi connectivity index (χ0) is 13.7. The first-order valence-electron chi connectivity index (χ1n) is 5.78. The maximum atomic E-state index is 11.7. The van der Waals surface area contributed by atoms with Crippen molar-refractivity contribution in [2.45, 2.75) is 26.7 Å². The molecule has 0 aromatic rings. The van der Waals surface area contributed by atoms with Gasteiger partial charge in [0.2, 0.25) is 5.91 Å². The molecule has 3 N–H and O–H groups in total. The van der Waals surface area contributed by atoms with E-state index in [0.717, 1.165) is 0 Å². The topological polar surface area (TPSA) is 108 Å². The quantitative estimate of drug-likeness (QED) is 0.628. The van der Waals surface area contributed by atoms with E-state index in [1.165, 1.54) is 0 Å². The van der Waals surface area contributed by atoms with E-state index >= 15 is 0 Å². The highest BCUT2D eigenvalue weighted by molar-refractivity contribution is 6.39. The van der Waals surface area contributed by atoms with Crippen LogP contribution in [0.2, 0.25) is 0 Å². The predicted octanol–water partition coefficient (Wildman–Crippen LogP) is -0.275. The normalized spacial score (nSPS) is 16.8. The molecule has 0 aromatic carbocycles. The lowest BCUT2D eigenvalue weighted by Crippen LogP contribution is -2.41. The lowest BCUT2D eigenvalue weighted by atomic mass is 9.96. The van der Waals surface area contributed by atoms with Gasteiger partial charge in [0.1, 0.15) is 5.71 Å². The van der Waals surface area contributed by atoms with Gasteiger partial charge in [-0.15, -0.1) is 0 Å². The minimum absolute atomic E-state index is 0.0544. The zero-order valence-electron chi connectivity index (χ0n) is 10.4. The summed E-state index contributed by atoms with van der Waals surface area (Å²) in [6.07, 6.45) is 0.496. The van der Waals surface area contributed by atoms with Gasteiger partial charge in [-0.1, -0.05) is 13.8 Å². The number of carbonyl (C=O) groups excluding carboxylic acids is 2. The van der Waals surface area contributed by atoms with Gasteiger partial charge in [0, 0.05) is 19.4 Å². The van der Waals surface area contributed by atoms with Gasteiger partial charge in [-0.05, 0) is 5.92 Å². The number of carboxylic acid groups (broad SMARTS) is 1. The van der Waals surface area contributed by atoms with Gasteiger partial charge in [-0.3, -0.25) is 14.4 Å². The van der Waals surface area contributed by atoms with Crippen LogP contribution in [0.1, 0.15) is 26.7 Å². The third-order valence-electron chi connectivity index (χ3n) is 2.77. The van der Waals surface area contributed by atoms with Gasteiger partial charge in [0.15, 0.2) is 0 Å². The van der Waals surface area contributed by atoms with Crippen LogP contribution in [-0.4, -0.2) is 35.1 Å². The number of aliphatic carboxylic acids is 1. The number of nitrogens with one attached hydrogen (secondary N) is 2. The van der Waals surface area contributed by atoms with E-state index in [2.05, 4.69) is 15.8 Å². The number of carbonyl (C=O) groups is 3. The zero-order valence-corrected chi connectivity index (χ0v) is 10.4. The van der Waals surface area contributed by atoms with Crippen LogP contribution >= 0.6 is 0 Å². The Bertz CT molecular complexity index is 390. The van der Waals surface area contributed by atoms with Gasteiger partial charge in [-0.25, -0.2) is 5.43 Å². The standard InChI is InChI=1S/C11H17N3O4/c1-6(2)7(11(17)18)5-12-10(16)8-3-4-9(15)14-13-8/h6-7H,3-5H2,1-2H3,(H,12,16)(H,14,15)(H,17,18). The minimum atomic E-state index is -0.941. The van der Waals surface area contributed by atoms with Crippen LogP contribution in [0.4, 0.5) is 0 Å². The Kier molecular flexibility index (Phi) is 4.82. The summed E-state index contributed by atoms with van der Waals surface area (Å²) >= 11 is 0. The lowest BCUT2D eigenvalue weighted by molar-refractivity contribution is -0.143. The van der Waals surface area contributed by atoms with Crippen molar-refractivity contribution in [2.75, 3.05) is 6.54 Å². The first kappa shape index (κ1) is 14.1. The highest BCUT2D eigenvalue weighted by Gasteiger charge is 2.24. The maximum Gasteiger partial charge on any atom is 0.308 e. The van der Waals surface area contributed by atoms with Crippen molar-refractivity contribution in [1.29, 1.82) is 0 Å². The summed E-state index contributed by atoms with van der Waals surface area (Å²) in [4.78, 5) is 33.5. The maximum absolute atomic E-state index is 11.7. The van der Waals surface area contributed by atoms with Crippen molar-refractivity contribution in [1.82, 2.24) is 10.7 Å². The van der Waals surface area contributed by atoms with Crippen molar-refractivity contribution in [3.05, 3.63) is 0 Å². The fraction of sp³-hybridized carbons (Fsp3) is 0.636. The molecule has 18 heavy (non-hydrogen) atoms. The number of nitrogens with zero attached hydrogens (tertiary/aromatic N) is 1. The molecule has 2 amide bonds. The van der Waals surface area contributed by atoms with Crippen molar-refractivity contribution in [3.63, 3.8) is 0 Å². The molecule has 0 aliphatic carbocycles. The summed E-state index contributed by atoms with van der Waals surface area (Å²) < 4.78 is 0. The second-order valence-corrected chi connectivity index (χ2v) is 4.49. The summed E-state index contributed by atoms with van der Waals surface area (Å²) in [7, 11) is 0. The molecule has 1 atom stereocenters. The Labute approximate surface area is 105 Å². The summed E-state index contributed by atoms with van der Waals surface area (Å²) in [5.41, 5.74) is 2.44. The van der Waals surface area contributed by atoms with Crippen LogP contribution in [0.15, 0.2) is 5.10 Å². The number of hydrogen-bond donors (Lipinski definition) is 3. The summed E-state index contributed by atoms with van der Waals surface area (Å²) in [6, 6.07) is 0. The number of amides is 2. The van der Waals surface area contributed by atoms with Gasteiger partial charge < -0.3 is 10.4 Å². The summed E-state index contributed by atoms with van der Waals surface area (Å²) in [5, 5.41) is 15.1. The van der Waals surface area contributed by atoms with Crippen molar-refractivity contribution in [2.24, 2.45) is 16.9 Å². The summed E-state index contributed by atoms with van der Waals surface area (Å²) in [5.74, 6) is -2.30. The SMILES string of the molecule is CC(C)C(CNC(=O)C1=NNC(=O)CC1)C(=O)O. The van der Waals surface area contributed by atoms with Crippen LogP contribution in [0.3, 0.4) is 0 Å². The van der Waals surface area contributed by atoms with Crippen LogP contribution in [0.25, 0.3) is 0 Å². The molecule has 0 saturated heterocycles. The van der Waals surface area contributed by atoms with Crippen LogP contribution in [-0.2, 0) is 14.4 Å². The van der Waals surface area contributed by atoms with E-state index in [0.29, 0.717) is 0 Å². The number of hydrazone groups is 1. The van der Waals surface area contributed by atoms with Crippen LogP contribution in [0, 0.1) is 11.8 Å². The lowest BCUT2D eigenvalue weighted by Gasteiger charge is -2.17. The molecule has 0 bridgehead atoms. The van der Waals surface area contributed by atoms with Crippen molar-refractivity contribution in [3.8, 4) is 0 Å². The monoisotopic (exact) mass is 255 g/mol. The molecule has 1 unspecified atom stereocenters. The predicted molar refractivity (Wildman–Crippen MR) is 63.8 cm³/mol. The van der Waals surface area contributed by atoms with Crippen LogP contribution < -0.4 is 10.7 Å². The molecule has 0 spiro atoms. The molecule has 7 nitrogen and oxygen atoms in total. The molecule has 1 aliphatic heterocycles. The summed E-state index contributed by atoms with van der Waals surface area (Å²) in [6.45, 7) is 3.62. The molecule has 7 heteroatoms. The largest absolute Gasteiger partial charge is 0.481 e. The molecule has 1 aliphatic rings. The number of carboxylic acids is 1. The first-order valence-corrected chi connectivity index (χ1v) is 5.78. The second kappa shape index (κ2) is 6.13. The molecule has 0 radical (unpaired) electrons. The van der Waals surface area contributed by atoms with E-state index in [-0.39, 0.29) is 36.9 Å². The number of rotatable bonds is 5. The molecule has 100 valence electrons. The van der Waals surface area contributed by atoms with Gasteiger partial charge in [-0.2, -0.15) is 5.10 Å². The molecule has 1 heterocycles. The Morgan fingerprint density at radius 3 is 2.56 bits per heavy atom. The smallest absolute Gasteiger partial charge is 0.308 e. The van der Waals surface area contributed by atoms with E-state index in [9.17, 15) is 14.4 Å². The van der Waals surface area contributed by atoms with Crippen molar-refractivity contribution >= 4 is 23.5 Å². The molecule has 0 aromatic heterocycles. The average Bonchev–Trinajstić information content (AvgIpc) is 2.28. The Morgan fingerprint density at radius 1 is 1.44 bits per heavy atom. The molecule has 1 rings (SSSR count). The van der Waals surface area contributed by atoms with E-state index in [1.54, 1.807) is 13.8 Å². The van der Waals surface area contributed by atoms with E-state index < -0.39 is 17.8 Å². The van der Waals surface area contributed by atoms with Gasteiger partial charge in [0.25, 0.3) is 5.91 Å². The Balaban J connectivity index is 2.50. The molecular formula is C11H17N3O4. The molecule has 0 saturated carbocycles. The highest BCUT2D eigenvalue weighted by Crippen LogP contribution is 2.10. The van der Waals surface area contributed by atoms with E-state index in [4.69, 9.17) is 5.11 Å². The van der Waals surface area contributed by atoms with Crippen LogP contribution in [0.5, 0.6) is 0 Å². The first-order chi connectivity index (χ1) is 8.41. The second-order valence-electron chi connectivity index (χ2n) is 4.49. The Hall–Kier alpha value is -1.92. The average molecular weight is 255 g/mol. The molecular weight excluding hydrogens is 238 g/mol. The van der Waals surface area contributed by atoms with Gasteiger partial charge in [0.05, 0.1) is 5.92 Å². The van der Waals surface area contributed by atoms with E-state index in [1.807, 2.05) is 0 Å². The minimum Gasteiger partial charge on any atom is -0.481 e. The highest BCUT2D eigenvalue weighted by atomic mass is 16.4. The molecule has 0 fully saturated rings. The fourth-order valence-corrected chi connectivity index (χ4v) is 1.55. The Morgan fingerprint density at radius 2 is 2.11 bits per heavy atom. The third kappa shape index (κ3) is 3.83. The van der Waals surface area contributed by atoms with Gasteiger partial charge >= 0.3 is 5.97 Å². The number of hydrogen-bond acceptors (Lipinski definition) is 4. The third-order valence-corrected chi connectivity index (χ3v) is 2.77. The fourth-order valence-electron chi connectivity index (χ4n) is 1.55.